The van der Waals surface area contributed by atoms with Gasteiger partial charge in [-0.1, -0.05) is 12.1 Å². The summed E-state index contributed by atoms with van der Waals surface area (Å²) in [6, 6.07) is 5.47. The number of hydrogen-bond donors (Lipinski definition) is 1. The molecule has 3 rings (SSSR count). The van der Waals surface area contributed by atoms with Crippen molar-refractivity contribution < 1.29 is 21.2 Å². The summed E-state index contributed by atoms with van der Waals surface area (Å²) in [7, 11) is -7.46. The molecule has 1 aromatic carbocycles. The molecule has 1 fully saturated rings. The third-order valence-electron chi connectivity index (χ3n) is 4.70. The van der Waals surface area contributed by atoms with E-state index < -0.39 is 25.9 Å². The van der Waals surface area contributed by atoms with Gasteiger partial charge >= 0.3 is 0 Å². The van der Waals surface area contributed by atoms with E-state index in [1.165, 1.54) is 26.8 Å². The normalized spacial score (nSPS) is 17.5. The predicted molar refractivity (Wildman–Crippen MR) is 102 cm³/mol. The van der Waals surface area contributed by atoms with Gasteiger partial charge in [-0.2, -0.15) is 9.40 Å². The van der Waals surface area contributed by atoms with Crippen LogP contribution in [0.4, 0.5) is 4.39 Å². The van der Waals surface area contributed by atoms with Gasteiger partial charge in [-0.15, -0.1) is 0 Å². The van der Waals surface area contributed by atoms with Gasteiger partial charge in [-0.3, -0.25) is 5.10 Å². The van der Waals surface area contributed by atoms with E-state index in [0.29, 0.717) is 23.4 Å². The smallest absolute Gasteiger partial charge is 0.246 e. The minimum atomic E-state index is -3.77. The summed E-state index contributed by atoms with van der Waals surface area (Å²) in [5.74, 6) is -0.816. The van der Waals surface area contributed by atoms with Crippen LogP contribution in [-0.2, 0) is 25.8 Å². The van der Waals surface area contributed by atoms with Crippen LogP contribution >= 0.6 is 0 Å². The highest BCUT2D eigenvalue weighted by atomic mass is 32.2. The Hall–Kier alpha value is -1.82. The van der Waals surface area contributed by atoms with Crippen molar-refractivity contribution in [1.29, 1.82) is 0 Å². The quantitative estimate of drug-likeness (QED) is 0.772. The zero-order valence-corrected chi connectivity index (χ0v) is 17.4. The second-order valence-electron chi connectivity index (χ2n) is 6.81. The van der Waals surface area contributed by atoms with E-state index in [9.17, 15) is 21.2 Å². The maximum Gasteiger partial charge on any atom is 0.246 e. The van der Waals surface area contributed by atoms with Gasteiger partial charge in [0.15, 0.2) is 0 Å². The summed E-state index contributed by atoms with van der Waals surface area (Å²) < 4.78 is 67.4. The van der Waals surface area contributed by atoms with Crippen LogP contribution in [0.25, 0.3) is 0 Å². The number of aryl methyl sites for hydroxylation is 2. The van der Waals surface area contributed by atoms with E-state index in [2.05, 4.69) is 10.2 Å². The molecule has 0 spiro atoms. The third-order valence-corrected chi connectivity index (χ3v) is 8.72. The molecule has 1 aliphatic rings. The van der Waals surface area contributed by atoms with Gasteiger partial charge in [0.1, 0.15) is 10.7 Å². The molecular formula is C17H23FN4O4S2. The van der Waals surface area contributed by atoms with Gasteiger partial charge in [0, 0.05) is 26.2 Å². The molecule has 1 saturated heterocycles. The van der Waals surface area contributed by atoms with Gasteiger partial charge in [0.25, 0.3) is 0 Å². The Morgan fingerprint density at radius 3 is 2.39 bits per heavy atom. The zero-order valence-electron chi connectivity index (χ0n) is 15.7. The Morgan fingerprint density at radius 2 is 1.75 bits per heavy atom. The largest absolute Gasteiger partial charge is 0.281 e. The van der Waals surface area contributed by atoms with E-state index >= 15 is 0 Å². The summed E-state index contributed by atoms with van der Waals surface area (Å²) in [5, 5.41) is 6.61. The van der Waals surface area contributed by atoms with Gasteiger partial charge in [0.2, 0.25) is 20.0 Å². The van der Waals surface area contributed by atoms with Crippen molar-refractivity contribution in [2.45, 2.75) is 30.9 Å². The number of sulfonamides is 2. The Labute approximate surface area is 164 Å². The number of nitrogens with one attached hydrogen (secondary N) is 1. The van der Waals surface area contributed by atoms with Gasteiger partial charge in [0.05, 0.1) is 17.1 Å². The number of aromatic amines is 1. The first-order chi connectivity index (χ1) is 13.1. The number of nitrogens with zero attached hydrogens (tertiary/aromatic N) is 3. The summed E-state index contributed by atoms with van der Waals surface area (Å²) >= 11 is 0. The van der Waals surface area contributed by atoms with Crippen molar-refractivity contribution in [2.75, 3.05) is 26.2 Å². The topological polar surface area (TPSA) is 103 Å². The number of rotatable bonds is 5. The minimum absolute atomic E-state index is 0.0484. The second kappa shape index (κ2) is 7.90. The number of halogens is 1. The monoisotopic (exact) mass is 430 g/mol. The van der Waals surface area contributed by atoms with Crippen molar-refractivity contribution in [3.05, 3.63) is 47.0 Å². The lowest BCUT2D eigenvalue weighted by Gasteiger charge is -2.22. The molecule has 1 N–H and O–H groups in total. The lowest BCUT2D eigenvalue weighted by molar-refractivity contribution is 0.404. The Balaban J connectivity index is 1.76. The number of hydrogen-bond acceptors (Lipinski definition) is 5. The highest BCUT2D eigenvalue weighted by Crippen LogP contribution is 2.23. The lowest BCUT2D eigenvalue weighted by atomic mass is 10.2. The van der Waals surface area contributed by atoms with Crippen LogP contribution in [0.3, 0.4) is 0 Å². The molecule has 28 heavy (non-hydrogen) atoms. The molecule has 11 heteroatoms. The molecule has 2 heterocycles. The fraction of sp³-hybridized carbons (Fsp3) is 0.471. The predicted octanol–water partition coefficient (Wildman–Crippen LogP) is 1.39. The molecule has 8 nitrogen and oxygen atoms in total. The Morgan fingerprint density at radius 1 is 1.07 bits per heavy atom. The molecule has 0 amide bonds. The third kappa shape index (κ3) is 4.27. The fourth-order valence-corrected chi connectivity index (χ4v) is 6.72. The summed E-state index contributed by atoms with van der Waals surface area (Å²) in [6.45, 7) is 3.79. The molecule has 0 aliphatic carbocycles. The van der Waals surface area contributed by atoms with E-state index in [0.717, 1.165) is 0 Å². The molecule has 0 bridgehead atoms. The standard InChI is InChI=1S/C17H23FN4O4S2/c1-13-17(14(2)20-19-13)28(25,26)22-8-4-7-21(9-10-22)27(23,24)12-15-5-3-6-16(18)11-15/h3,5-6,11H,4,7-10,12H2,1-2H3,(H,19,20). The Bertz CT molecular complexity index is 1050. The lowest BCUT2D eigenvalue weighted by Crippen LogP contribution is -2.38. The fourth-order valence-electron chi connectivity index (χ4n) is 3.37. The first-order valence-corrected chi connectivity index (χ1v) is 11.9. The number of aromatic nitrogens is 2. The molecule has 154 valence electrons. The van der Waals surface area contributed by atoms with E-state index in [1.54, 1.807) is 19.9 Å². The average Bonchev–Trinajstić information content (AvgIpc) is 2.82. The maximum absolute atomic E-state index is 13.3. The van der Waals surface area contributed by atoms with Crippen molar-refractivity contribution in [1.82, 2.24) is 18.8 Å². The average molecular weight is 431 g/mol. The molecule has 0 atom stereocenters. The van der Waals surface area contributed by atoms with E-state index in [-0.39, 0.29) is 36.8 Å². The summed E-state index contributed by atoms with van der Waals surface area (Å²) in [6.07, 6.45) is 0.373. The molecule has 0 radical (unpaired) electrons. The van der Waals surface area contributed by atoms with Crippen LogP contribution in [0.1, 0.15) is 23.4 Å². The van der Waals surface area contributed by atoms with Crippen LogP contribution < -0.4 is 0 Å². The maximum atomic E-state index is 13.3. The van der Waals surface area contributed by atoms with Crippen LogP contribution in [0.5, 0.6) is 0 Å². The number of H-pyrrole nitrogens is 1. The van der Waals surface area contributed by atoms with Gasteiger partial charge < -0.3 is 0 Å². The molecule has 0 saturated carbocycles. The molecular weight excluding hydrogens is 407 g/mol. The molecule has 2 aromatic rings. The minimum Gasteiger partial charge on any atom is -0.281 e. The van der Waals surface area contributed by atoms with Gasteiger partial charge in [-0.05, 0) is 38.0 Å². The van der Waals surface area contributed by atoms with Crippen LogP contribution in [0.15, 0.2) is 29.2 Å². The highest BCUT2D eigenvalue weighted by molar-refractivity contribution is 7.89. The second-order valence-corrected chi connectivity index (χ2v) is 10.6. The van der Waals surface area contributed by atoms with Crippen molar-refractivity contribution >= 4 is 20.0 Å². The zero-order chi connectivity index (χ0) is 20.5. The number of benzene rings is 1. The Kier molecular flexibility index (Phi) is 5.89. The van der Waals surface area contributed by atoms with Gasteiger partial charge in [-0.25, -0.2) is 25.5 Å². The van der Waals surface area contributed by atoms with E-state index in [1.807, 2.05) is 0 Å². The SMILES string of the molecule is Cc1n[nH]c(C)c1S(=O)(=O)N1CCCN(S(=O)(=O)Cc2cccc(F)c2)CC1. The molecule has 0 unspecified atom stereocenters. The first kappa shape index (κ1) is 20.9. The van der Waals surface area contributed by atoms with Crippen LogP contribution in [0, 0.1) is 19.7 Å². The van der Waals surface area contributed by atoms with E-state index in [4.69, 9.17) is 0 Å². The first-order valence-electron chi connectivity index (χ1n) is 8.85. The van der Waals surface area contributed by atoms with Crippen LogP contribution in [0.2, 0.25) is 0 Å². The molecule has 1 aromatic heterocycles. The van der Waals surface area contributed by atoms with Crippen molar-refractivity contribution in [2.24, 2.45) is 0 Å². The summed E-state index contributed by atoms with van der Waals surface area (Å²) in [4.78, 5) is 0.142. The summed E-state index contributed by atoms with van der Waals surface area (Å²) in [5.41, 5.74) is 1.20. The highest BCUT2D eigenvalue weighted by Gasteiger charge is 2.33. The molecule has 1 aliphatic heterocycles. The van der Waals surface area contributed by atoms with Crippen molar-refractivity contribution in [3.8, 4) is 0 Å². The van der Waals surface area contributed by atoms with Crippen LogP contribution in [-0.4, -0.2) is 61.8 Å². The van der Waals surface area contributed by atoms with Crippen molar-refractivity contribution in [3.63, 3.8) is 0 Å².